The Morgan fingerprint density at radius 1 is 0.738 bits per heavy atom. The van der Waals surface area contributed by atoms with E-state index >= 15 is 0 Å². The maximum Gasteiger partial charge on any atom is 0.426 e. The van der Waals surface area contributed by atoms with E-state index in [0.29, 0.717) is 19.6 Å². The average molecular weight is 598 g/mol. The van der Waals surface area contributed by atoms with Crippen LogP contribution in [0.15, 0.2) is 91.0 Å². The van der Waals surface area contributed by atoms with Crippen molar-refractivity contribution in [2.24, 2.45) is 0 Å². The molecule has 3 aromatic rings. The van der Waals surface area contributed by atoms with E-state index in [1.807, 2.05) is 112 Å². The van der Waals surface area contributed by atoms with Gasteiger partial charge in [-0.3, -0.25) is 5.43 Å². The van der Waals surface area contributed by atoms with Crippen LogP contribution in [0.4, 0.5) is 14.4 Å². The number of rotatable bonds is 11. The molecule has 0 bridgehead atoms. The van der Waals surface area contributed by atoms with E-state index in [2.05, 4.69) is 21.6 Å². The molecule has 3 rings (SSSR count). The number of nitrogens with zero attached hydrogens (tertiary/aromatic N) is 1. The van der Waals surface area contributed by atoms with Crippen molar-refractivity contribution in [3.8, 4) is 0 Å². The van der Waals surface area contributed by atoms with Gasteiger partial charge in [0.05, 0.1) is 6.04 Å². The summed E-state index contributed by atoms with van der Waals surface area (Å²) in [6.45, 7) is 7.40. The van der Waals surface area contributed by atoms with Crippen LogP contribution in [0.2, 0.25) is 0 Å². The van der Waals surface area contributed by atoms with Gasteiger partial charge in [0.2, 0.25) is 0 Å². The van der Waals surface area contributed by atoms with Crippen molar-refractivity contribution in [3.05, 3.63) is 108 Å². The van der Waals surface area contributed by atoms with E-state index in [0.717, 1.165) is 29.7 Å². The van der Waals surface area contributed by atoms with Gasteiger partial charge in [0.15, 0.2) is 0 Å². The molecule has 4 amide bonds. The van der Waals surface area contributed by atoms with Gasteiger partial charge in [-0.25, -0.2) is 30.2 Å². The van der Waals surface area contributed by atoms with Gasteiger partial charge >= 0.3 is 18.2 Å². The van der Waals surface area contributed by atoms with E-state index in [9.17, 15) is 14.4 Å². The quantitative estimate of drug-likeness (QED) is 0.160. The Morgan fingerprint density at radius 2 is 1.24 bits per heavy atom. The molecule has 3 aromatic carbocycles. The number of hydrogen-bond acceptors (Lipinski definition) is 6. The molecule has 0 aliphatic carbocycles. The molecule has 0 fully saturated rings. The minimum Gasteiger partial charge on any atom is -0.444 e. The van der Waals surface area contributed by atoms with Crippen molar-refractivity contribution in [2.75, 3.05) is 13.1 Å². The van der Waals surface area contributed by atoms with Gasteiger partial charge < -0.3 is 14.8 Å². The molecule has 228 valence electrons. The van der Waals surface area contributed by atoms with Gasteiger partial charge in [-0.1, -0.05) is 105 Å². The maximum absolute atomic E-state index is 12.5. The molecule has 0 unspecified atom stereocenters. The Balaban J connectivity index is 0.000000471. The lowest BCUT2D eigenvalue weighted by molar-refractivity contribution is 0.106. The van der Waals surface area contributed by atoms with Crippen LogP contribution in [-0.2, 0) is 22.7 Å². The SMILES string of the molecule is CCCN(NC(=O)OCc1ccccc1)C(=O)N[C@@H](C)c1ccccc1.CCCNNC(=O)OCc1ccccc1.S. The van der Waals surface area contributed by atoms with E-state index in [-0.39, 0.29) is 32.2 Å². The number of carbonyl (C=O) groups is 3. The summed E-state index contributed by atoms with van der Waals surface area (Å²) in [5, 5.41) is 4.12. The van der Waals surface area contributed by atoms with Gasteiger partial charge in [-0.15, -0.1) is 0 Å². The highest BCUT2D eigenvalue weighted by Crippen LogP contribution is 2.11. The lowest BCUT2D eigenvalue weighted by atomic mass is 10.1. The second-order valence-electron chi connectivity index (χ2n) is 9.02. The fourth-order valence-corrected chi connectivity index (χ4v) is 3.40. The van der Waals surface area contributed by atoms with Crippen LogP contribution in [0.1, 0.15) is 56.3 Å². The Morgan fingerprint density at radius 3 is 1.74 bits per heavy atom. The summed E-state index contributed by atoms with van der Waals surface area (Å²) < 4.78 is 10.1. The molecule has 0 aromatic heterocycles. The highest BCUT2D eigenvalue weighted by molar-refractivity contribution is 7.59. The van der Waals surface area contributed by atoms with Gasteiger partial charge in [-0.2, -0.15) is 13.5 Å². The number of nitrogens with one attached hydrogen (secondary N) is 4. The monoisotopic (exact) mass is 597 g/mol. The molecule has 0 heterocycles. The molecule has 11 heteroatoms. The smallest absolute Gasteiger partial charge is 0.426 e. The second-order valence-corrected chi connectivity index (χ2v) is 9.02. The Hall–Kier alpha value is -4.22. The summed E-state index contributed by atoms with van der Waals surface area (Å²) in [6, 6.07) is 28.0. The van der Waals surface area contributed by atoms with Crippen molar-refractivity contribution in [1.29, 1.82) is 0 Å². The summed E-state index contributed by atoms with van der Waals surface area (Å²) in [7, 11) is 0. The third kappa shape index (κ3) is 15.0. The highest BCUT2D eigenvalue weighted by atomic mass is 32.1. The summed E-state index contributed by atoms with van der Waals surface area (Å²) in [5.74, 6) is 0. The molecular formula is C31H43N5O5S. The molecule has 0 aliphatic rings. The van der Waals surface area contributed by atoms with Crippen LogP contribution in [0, 0.1) is 0 Å². The second kappa shape index (κ2) is 21.5. The first-order valence-corrected chi connectivity index (χ1v) is 13.7. The predicted octanol–water partition coefficient (Wildman–Crippen LogP) is 5.95. The predicted molar refractivity (Wildman–Crippen MR) is 169 cm³/mol. The first-order valence-electron chi connectivity index (χ1n) is 13.7. The van der Waals surface area contributed by atoms with Gasteiger partial charge in [0.25, 0.3) is 0 Å². The molecule has 10 nitrogen and oxygen atoms in total. The zero-order valence-electron chi connectivity index (χ0n) is 24.5. The maximum atomic E-state index is 12.5. The van der Waals surface area contributed by atoms with Crippen LogP contribution in [0.5, 0.6) is 0 Å². The van der Waals surface area contributed by atoms with Crippen LogP contribution in [-0.4, -0.2) is 36.3 Å². The highest BCUT2D eigenvalue weighted by Gasteiger charge is 2.18. The van der Waals surface area contributed by atoms with Crippen LogP contribution in [0.3, 0.4) is 0 Å². The lowest BCUT2D eigenvalue weighted by Crippen LogP contribution is -2.51. The van der Waals surface area contributed by atoms with Crippen molar-refractivity contribution >= 4 is 31.7 Å². The molecule has 0 saturated carbocycles. The van der Waals surface area contributed by atoms with Crippen molar-refractivity contribution in [1.82, 2.24) is 26.6 Å². The molecular weight excluding hydrogens is 554 g/mol. The third-order valence-corrected chi connectivity index (χ3v) is 5.55. The Labute approximate surface area is 255 Å². The number of ether oxygens (including phenoxy) is 2. The number of urea groups is 1. The van der Waals surface area contributed by atoms with E-state index < -0.39 is 12.2 Å². The Kier molecular flexibility index (Phi) is 18.3. The molecule has 0 aliphatic heterocycles. The van der Waals surface area contributed by atoms with Gasteiger partial charge in [0, 0.05) is 13.1 Å². The van der Waals surface area contributed by atoms with Gasteiger partial charge in [-0.05, 0) is 36.5 Å². The molecule has 0 radical (unpaired) electrons. The van der Waals surface area contributed by atoms with Crippen LogP contribution in [0.25, 0.3) is 0 Å². The zero-order chi connectivity index (χ0) is 29.7. The summed E-state index contributed by atoms with van der Waals surface area (Å²) in [6.07, 6.45) is 0.544. The molecule has 0 saturated heterocycles. The topological polar surface area (TPSA) is 121 Å². The summed E-state index contributed by atoms with van der Waals surface area (Å²) >= 11 is 0. The number of benzene rings is 3. The molecule has 0 spiro atoms. The lowest BCUT2D eigenvalue weighted by Gasteiger charge is -2.25. The van der Waals surface area contributed by atoms with Crippen LogP contribution >= 0.6 is 13.5 Å². The largest absolute Gasteiger partial charge is 0.444 e. The summed E-state index contributed by atoms with van der Waals surface area (Å²) in [5.41, 5.74) is 10.5. The normalized spacial score (nSPS) is 10.5. The average Bonchev–Trinajstić information content (AvgIpc) is 3.00. The first-order chi connectivity index (χ1) is 19.9. The molecule has 4 N–H and O–H groups in total. The van der Waals surface area contributed by atoms with Gasteiger partial charge in [0.1, 0.15) is 13.2 Å². The summed E-state index contributed by atoms with van der Waals surface area (Å²) in [4.78, 5) is 35.6. The van der Waals surface area contributed by atoms with E-state index in [4.69, 9.17) is 9.47 Å². The van der Waals surface area contributed by atoms with E-state index in [1.165, 1.54) is 5.01 Å². The minimum atomic E-state index is -0.662. The first kappa shape index (κ1) is 35.8. The van der Waals surface area contributed by atoms with Crippen molar-refractivity contribution < 1.29 is 23.9 Å². The van der Waals surface area contributed by atoms with Crippen LogP contribution < -0.4 is 21.6 Å². The molecule has 42 heavy (non-hydrogen) atoms. The fraction of sp³-hybridized carbons (Fsp3) is 0.323. The third-order valence-electron chi connectivity index (χ3n) is 5.55. The van der Waals surface area contributed by atoms with E-state index in [1.54, 1.807) is 0 Å². The fourth-order valence-electron chi connectivity index (χ4n) is 3.40. The number of hydrazine groups is 2. The minimum absolute atomic E-state index is 0. The number of carbonyl (C=O) groups excluding carboxylic acids is 3. The molecule has 1 atom stereocenters. The van der Waals surface area contributed by atoms with Crippen molar-refractivity contribution in [3.63, 3.8) is 0 Å². The number of amides is 4. The van der Waals surface area contributed by atoms with Crippen molar-refractivity contribution in [2.45, 2.75) is 52.9 Å². The Bertz CT molecular complexity index is 1160. The number of hydrogen-bond donors (Lipinski definition) is 4. The standard InChI is InChI=1S/C20H25N3O3.C11H16N2O2.H2S/c1-3-14-23(19(24)21-16(2)18-12-8-5-9-13-18)22-20(25)26-15-17-10-6-4-7-11-17;1-2-8-12-13-11(14)15-9-10-6-4-3-5-7-10;/h4-13,16H,3,14-15H2,1-2H3,(H,21,24)(H,22,25);3-7,12H,2,8-9H2,1H3,(H,13,14);1H2/t16-;;/m0../s1. The zero-order valence-corrected chi connectivity index (χ0v) is 25.5.